The van der Waals surface area contributed by atoms with Gasteiger partial charge in [0.1, 0.15) is 12.4 Å². The van der Waals surface area contributed by atoms with E-state index in [1.54, 1.807) is 17.4 Å². The third-order valence-corrected chi connectivity index (χ3v) is 3.66. The van der Waals surface area contributed by atoms with Crippen molar-refractivity contribution in [1.82, 2.24) is 4.98 Å². The highest BCUT2D eigenvalue weighted by molar-refractivity contribution is 9.10. The fourth-order valence-corrected chi connectivity index (χ4v) is 2.40. The van der Waals surface area contributed by atoms with Crippen LogP contribution in [0.2, 0.25) is 0 Å². The van der Waals surface area contributed by atoms with E-state index >= 15 is 0 Å². The van der Waals surface area contributed by atoms with Gasteiger partial charge in [-0.25, -0.2) is 4.98 Å². The quantitative estimate of drug-likeness (QED) is 0.805. The maximum absolute atomic E-state index is 12.5. The second-order valence-corrected chi connectivity index (χ2v) is 4.65. The summed E-state index contributed by atoms with van der Waals surface area (Å²) in [5, 5.41) is 1.98. The number of hydrogen-bond donors (Lipinski definition) is 0. The van der Waals surface area contributed by atoms with E-state index < -0.39 is 5.95 Å². The largest absolute Gasteiger partial charge is 0.486 e. The van der Waals surface area contributed by atoms with Gasteiger partial charge in [-0.1, -0.05) is 0 Å². The molecule has 2 aromatic rings. The molecule has 5 heteroatoms. The Bertz CT molecular complexity index is 443. The van der Waals surface area contributed by atoms with Gasteiger partial charge in [0.15, 0.2) is 0 Å². The summed E-state index contributed by atoms with van der Waals surface area (Å²) in [4.78, 5) is 4.60. The minimum Gasteiger partial charge on any atom is -0.486 e. The zero-order chi connectivity index (χ0) is 10.7. The molecule has 0 fully saturated rings. The minimum absolute atomic E-state index is 0.464. The normalized spacial score (nSPS) is 10.3. The van der Waals surface area contributed by atoms with E-state index in [9.17, 15) is 4.39 Å². The fraction of sp³-hybridized carbons (Fsp3) is 0.100. The number of aromatic nitrogens is 1. The first-order valence-corrected chi connectivity index (χ1v) is 5.89. The summed E-state index contributed by atoms with van der Waals surface area (Å²) >= 11 is 5.01. The Hall–Kier alpha value is -0.940. The molecule has 0 aromatic carbocycles. The Kier molecular flexibility index (Phi) is 3.33. The van der Waals surface area contributed by atoms with Gasteiger partial charge in [-0.3, -0.25) is 0 Å². The van der Waals surface area contributed by atoms with Crippen LogP contribution in [-0.2, 0) is 6.61 Å². The number of hydrogen-bond acceptors (Lipinski definition) is 3. The van der Waals surface area contributed by atoms with E-state index in [2.05, 4.69) is 20.9 Å². The molecule has 0 N–H and O–H groups in total. The Morgan fingerprint density at radius 1 is 1.40 bits per heavy atom. The molecule has 0 saturated carbocycles. The summed E-state index contributed by atoms with van der Waals surface area (Å²) < 4.78 is 19.0. The first-order chi connectivity index (χ1) is 7.25. The van der Waals surface area contributed by atoms with Crippen LogP contribution in [0, 0.1) is 5.95 Å². The summed E-state index contributed by atoms with van der Waals surface area (Å²) in [6.07, 6.45) is 1.37. The van der Waals surface area contributed by atoms with Crippen molar-refractivity contribution in [3.8, 4) is 5.75 Å². The predicted molar refractivity (Wildman–Crippen MR) is 60.5 cm³/mol. The van der Waals surface area contributed by atoms with Crippen molar-refractivity contribution in [2.75, 3.05) is 0 Å². The summed E-state index contributed by atoms with van der Waals surface area (Å²) in [5.74, 6) is 0.0661. The van der Waals surface area contributed by atoms with Crippen LogP contribution in [0.15, 0.2) is 34.2 Å². The Balaban J connectivity index is 1.99. The molecular formula is C10H7BrFNOS. The molecule has 0 atom stereocenters. The van der Waals surface area contributed by atoms with Gasteiger partial charge in [-0.2, -0.15) is 4.39 Å². The number of thiophene rings is 1. The maximum atomic E-state index is 12.5. The molecule has 0 amide bonds. The predicted octanol–water partition coefficient (Wildman–Crippen LogP) is 3.62. The summed E-state index contributed by atoms with van der Waals surface area (Å²) in [6.45, 7) is 0.464. The Morgan fingerprint density at radius 3 is 2.87 bits per heavy atom. The molecule has 2 nitrogen and oxygen atoms in total. The fourth-order valence-electron chi connectivity index (χ4n) is 1.02. The van der Waals surface area contributed by atoms with Gasteiger partial charge in [-0.05, 0) is 39.5 Å². The average Bonchev–Trinajstić information content (AvgIpc) is 2.63. The summed E-state index contributed by atoms with van der Waals surface area (Å²) in [5.41, 5.74) is 0. The number of rotatable bonds is 3. The SMILES string of the molecule is Fc1ccc(OCc2sccc2Br)cn1. The van der Waals surface area contributed by atoms with Crippen molar-refractivity contribution in [3.05, 3.63) is 45.1 Å². The third kappa shape index (κ3) is 2.76. The van der Waals surface area contributed by atoms with E-state index in [1.165, 1.54) is 12.3 Å². The average molecular weight is 288 g/mol. The van der Waals surface area contributed by atoms with Gasteiger partial charge in [-0.15, -0.1) is 11.3 Å². The van der Waals surface area contributed by atoms with Crippen molar-refractivity contribution in [2.45, 2.75) is 6.61 Å². The van der Waals surface area contributed by atoms with Crippen LogP contribution in [0.25, 0.3) is 0 Å². The molecule has 2 aromatic heterocycles. The highest BCUT2D eigenvalue weighted by Gasteiger charge is 2.02. The molecule has 2 rings (SSSR count). The molecule has 0 radical (unpaired) electrons. The van der Waals surface area contributed by atoms with Crippen LogP contribution in [0.5, 0.6) is 5.75 Å². The molecule has 0 bridgehead atoms. The lowest BCUT2D eigenvalue weighted by atomic mass is 10.4. The number of halogens is 2. The molecule has 0 spiro atoms. The first kappa shape index (κ1) is 10.6. The molecule has 0 aliphatic rings. The first-order valence-electron chi connectivity index (χ1n) is 4.22. The van der Waals surface area contributed by atoms with Crippen LogP contribution in [0.4, 0.5) is 4.39 Å². The van der Waals surface area contributed by atoms with Crippen LogP contribution >= 0.6 is 27.3 Å². The van der Waals surface area contributed by atoms with E-state index in [0.717, 1.165) is 9.35 Å². The Morgan fingerprint density at radius 2 is 2.27 bits per heavy atom. The highest BCUT2D eigenvalue weighted by atomic mass is 79.9. The van der Waals surface area contributed by atoms with E-state index in [-0.39, 0.29) is 0 Å². The molecular weight excluding hydrogens is 281 g/mol. The summed E-state index contributed by atoms with van der Waals surface area (Å²) in [7, 11) is 0. The van der Waals surface area contributed by atoms with Crippen LogP contribution < -0.4 is 4.74 Å². The van der Waals surface area contributed by atoms with Gasteiger partial charge in [0.2, 0.25) is 5.95 Å². The summed E-state index contributed by atoms with van der Waals surface area (Å²) in [6, 6.07) is 4.80. The maximum Gasteiger partial charge on any atom is 0.213 e. The van der Waals surface area contributed by atoms with Crippen molar-refractivity contribution < 1.29 is 9.13 Å². The molecule has 0 saturated heterocycles. The van der Waals surface area contributed by atoms with Crippen molar-refractivity contribution in [3.63, 3.8) is 0 Å². The van der Waals surface area contributed by atoms with Crippen LogP contribution in [-0.4, -0.2) is 4.98 Å². The number of pyridine rings is 1. The van der Waals surface area contributed by atoms with Gasteiger partial charge in [0, 0.05) is 4.47 Å². The second-order valence-electron chi connectivity index (χ2n) is 2.80. The second kappa shape index (κ2) is 4.72. The van der Waals surface area contributed by atoms with Crippen LogP contribution in [0.1, 0.15) is 4.88 Å². The zero-order valence-corrected chi connectivity index (χ0v) is 10.0. The topological polar surface area (TPSA) is 22.1 Å². The standard InChI is InChI=1S/C10H7BrFNOS/c11-8-3-4-15-9(8)6-14-7-1-2-10(12)13-5-7/h1-5H,6H2. The smallest absolute Gasteiger partial charge is 0.213 e. The minimum atomic E-state index is -0.500. The van der Waals surface area contributed by atoms with E-state index in [1.807, 2.05) is 11.4 Å². The lowest BCUT2D eigenvalue weighted by Gasteiger charge is -2.03. The molecule has 0 aliphatic heterocycles. The lowest BCUT2D eigenvalue weighted by Crippen LogP contribution is -1.94. The molecule has 78 valence electrons. The van der Waals surface area contributed by atoms with Crippen LogP contribution in [0.3, 0.4) is 0 Å². The molecule has 15 heavy (non-hydrogen) atoms. The van der Waals surface area contributed by atoms with Crippen molar-refractivity contribution in [1.29, 1.82) is 0 Å². The molecule has 0 unspecified atom stereocenters. The monoisotopic (exact) mass is 287 g/mol. The highest BCUT2D eigenvalue weighted by Crippen LogP contribution is 2.24. The molecule has 2 heterocycles. The molecule has 0 aliphatic carbocycles. The Labute approximate surface area is 98.9 Å². The van der Waals surface area contributed by atoms with Crippen molar-refractivity contribution in [2.24, 2.45) is 0 Å². The lowest BCUT2D eigenvalue weighted by molar-refractivity contribution is 0.307. The van der Waals surface area contributed by atoms with Gasteiger partial charge >= 0.3 is 0 Å². The van der Waals surface area contributed by atoms with Crippen molar-refractivity contribution >= 4 is 27.3 Å². The zero-order valence-electron chi connectivity index (χ0n) is 7.61. The van der Waals surface area contributed by atoms with Gasteiger partial charge < -0.3 is 4.74 Å². The van der Waals surface area contributed by atoms with Gasteiger partial charge in [0.05, 0.1) is 11.1 Å². The number of ether oxygens (including phenoxy) is 1. The van der Waals surface area contributed by atoms with E-state index in [0.29, 0.717) is 12.4 Å². The number of nitrogens with zero attached hydrogens (tertiary/aromatic N) is 1. The van der Waals surface area contributed by atoms with E-state index in [4.69, 9.17) is 4.74 Å². The third-order valence-electron chi connectivity index (χ3n) is 1.76. The van der Waals surface area contributed by atoms with Gasteiger partial charge in [0.25, 0.3) is 0 Å².